The van der Waals surface area contributed by atoms with Crippen LogP contribution in [0.4, 0.5) is 0 Å². The van der Waals surface area contributed by atoms with Crippen LogP contribution in [0.1, 0.15) is 18.4 Å². The molecular weight excluding hydrogens is 323 g/mol. The summed E-state index contributed by atoms with van der Waals surface area (Å²) in [5, 5.41) is 0. The molecule has 1 unspecified atom stereocenters. The number of likely N-dealkylation sites (tertiary alicyclic amines) is 1. The Kier molecular flexibility index (Phi) is 3.41. The topological polar surface area (TPSA) is 6.48 Å². The maximum atomic E-state index is 2.63. The predicted molar refractivity (Wildman–Crippen MR) is 79.0 cm³/mol. The van der Waals surface area contributed by atoms with Crippen LogP contribution in [0, 0.1) is 5.41 Å². The molecule has 0 amide bonds. The molecule has 0 aliphatic carbocycles. The van der Waals surface area contributed by atoms with Crippen molar-refractivity contribution in [3.63, 3.8) is 0 Å². The van der Waals surface area contributed by atoms with Crippen LogP contribution in [-0.2, 0) is 6.54 Å². The smallest absolute Gasteiger partial charge is 0.0233 e. The van der Waals surface area contributed by atoms with Gasteiger partial charge in [0.2, 0.25) is 0 Å². The van der Waals surface area contributed by atoms with E-state index in [2.05, 4.69) is 61.2 Å². The van der Waals surface area contributed by atoms with Crippen LogP contribution in [0.2, 0.25) is 0 Å². The lowest BCUT2D eigenvalue weighted by atomic mass is 9.86. The summed E-state index contributed by atoms with van der Waals surface area (Å²) in [6.07, 6.45) is 2.78. The third-order valence-electron chi connectivity index (χ3n) is 4.16. The second-order valence-electron chi connectivity index (χ2n) is 5.54. The van der Waals surface area contributed by atoms with Gasteiger partial charge in [-0.2, -0.15) is 0 Å². The van der Waals surface area contributed by atoms with E-state index in [0.717, 1.165) is 6.54 Å². The molecule has 0 saturated carbocycles. The Hall–Kier alpha value is -0.130. The van der Waals surface area contributed by atoms with E-state index in [-0.39, 0.29) is 0 Å². The van der Waals surface area contributed by atoms with Crippen LogP contribution >= 0.6 is 22.9 Å². The fourth-order valence-corrected chi connectivity index (χ4v) is 4.18. The summed E-state index contributed by atoms with van der Waals surface area (Å²) in [5.74, 6) is 0. The Balaban J connectivity index is 1.61. The Morgan fingerprint density at radius 2 is 1.82 bits per heavy atom. The molecule has 0 N–H and O–H groups in total. The van der Waals surface area contributed by atoms with Gasteiger partial charge < -0.3 is 0 Å². The molecule has 0 bridgehead atoms. The molecule has 2 heterocycles. The first-order valence-electron chi connectivity index (χ1n) is 6.43. The summed E-state index contributed by atoms with van der Waals surface area (Å²) in [7, 11) is 0. The number of hydrogen-bond acceptors (Lipinski definition) is 2. The molecule has 2 fully saturated rings. The van der Waals surface area contributed by atoms with Gasteiger partial charge in [0.25, 0.3) is 0 Å². The highest BCUT2D eigenvalue weighted by molar-refractivity contribution is 14.1. The van der Waals surface area contributed by atoms with Gasteiger partial charge in [0.05, 0.1) is 0 Å². The van der Waals surface area contributed by atoms with Crippen molar-refractivity contribution < 1.29 is 0 Å². The summed E-state index contributed by atoms with van der Waals surface area (Å²) >= 11 is 2.48. The summed E-state index contributed by atoms with van der Waals surface area (Å²) in [6.45, 7) is 6.27. The second kappa shape index (κ2) is 4.86. The lowest BCUT2D eigenvalue weighted by molar-refractivity contribution is 0.264. The molecule has 17 heavy (non-hydrogen) atoms. The summed E-state index contributed by atoms with van der Waals surface area (Å²) in [5.41, 5.74) is 2.06. The van der Waals surface area contributed by atoms with Crippen LogP contribution in [0.15, 0.2) is 30.3 Å². The number of hydrogen-bond donors (Lipinski definition) is 0. The van der Waals surface area contributed by atoms with Gasteiger partial charge in [-0.15, -0.1) is 0 Å². The first-order chi connectivity index (χ1) is 8.26. The standard InChI is InChI=1S/C14H19IN2/c15-17-9-7-14(12-17)6-8-16(11-14)10-13-4-2-1-3-5-13/h1-5H,6-12H2. The molecule has 1 aromatic rings. The van der Waals surface area contributed by atoms with Gasteiger partial charge in [0, 0.05) is 49.0 Å². The Labute approximate surface area is 117 Å². The molecule has 92 valence electrons. The fraction of sp³-hybridized carbons (Fsp3) is 0.571. The first kappa shape index (κ1) is 11.9. The molecule has 1 spiro atoms. The highest BCUT2D eigenvalue weighted by Crippen LogP contribution is 2.40. The monoisotopic (exact) mass is 342 g/mol. The number of rotatable bonds is 2. The fourth-order valence-electron chi connectivity index (χ4n) is 3.22. The summed E-state index contributed by atoms with van der Waals surface area (Å²) < 4.78 is 2.46. The van der Waals surface area contributed by atoms with Crippen LogP contribution < -0.4 is 0 Å². The third kappa shape index (κ3) is 2.66. The van der Waals surface area contributed by atoms with Gasteiger partial charge >= 0.3 is 0 Å². The molecule has 3 rings (SSSR count). The minimum absolute atomic E-state index is 0.607. The van der Waals surface area contributed by atoms with Crippen molar-refractivity contribution in [2.24, 2.45) is 5.41 Å². The van der Waals surface area contributed by atoms with Crippen LogP contribution in [-0.4, -0.2) is 34.2 Å². The Morgan fingerprint density at radius 1 is 1.06 bits per heavy atom. The van der Waals surface area contributed by atoms with E-state index < -0.39 is 0 Å². The zero-order valence-electron chi connectivity index (χ0n) is 10.1. The van der Waals surface area contributed by atoms with E-state index in [1.807, 2.05) is 0 Å². The summed E-state index contributed by atoms with van der Waals surface area (Å²) in [6, 6.07) is 10.9. The average molecular weight is 342 g/mol. The molecule has 2 saturated heterocycles. The van der Waals surface area contributed by atoms with Crippen molar-refractivity contribution in [1.29, 1.82) is 0 Å². The molecule has 2 nitrogen and oxygen atoms in total. The van der Waals surface area contributed by atoms with Gasteiger partial charge in [0.15, 0.2) is 0 Å². The maximum Gasteiger partial charge on any atom is 0.0233 e. The SMILES string of the molecule is IN1CCC2(CCN(Cc3ccccc3)C2)C1. The lowest BCUT2D eigenvalue weighted by Gasteiger charge is -2.23. The van der Waals surface area contributed by atoms with Crippen molar-refractivity contribution in [2.45, 2.75) is 19.4 Å². The molecule has 1 atom stereocenters. The number of nitrogens with zero attached hydrogens (tertiary/aromatic N) is 2. The van der Waals surface area contributed by atoms with E-state index in [1.165, 1.54) is 44.6 Å². The largest absolute Gasteiger partial charge is 0.298 e. The second-order valence-corrected chi connectivity index (χ2v) is 6.91. The highest BCUT2D eigenvalue weighted by atomic mass is 127. The molecule has 0 aromatic heterocycles. The van der Waals surface area contributed by atoms with Crippen molar-refractivity contribution in [2.75, 3.05) is 26.2 Å². The van der Waals surface area contributed by atoms with E-state index >= 15 is 0 Å². The van der Waals surface area contributed by atoms with Gasteiger partial charge in [-0.05, 0) is 30.4 Å². The summed E-state index contributed by atoms with van der Waals surface area (Å²) in [4.78, 5) is 2.63. The van der Waals surface area contributed by atoms with Gasteiger partial charge in [-0.3, -0.25) is 4.90 Å². The first-order valence-corrected chi connectivity index (χ1v) is 7.39. The normalized spacial score (nSPS) is 30.4. The third-order valence-corrected chi connectivity index (χ3v) is 4.98. The van der Waals surface area contributed by atoms with Crippen LogP contribution in [0.3, 0.4) is 0 Å². The lowest BCUT2D eigenvalue weighted by Crippen LogP contribution is -2.28. The average Bonchev–Trinajstić information content (AvgIpc) is 2.88. The minimum atomic E-state index is 0.607. The van der Waals surface area contributed by atoms with Crippen LogP contribution in [0.5, 0.6) is 0 Å². The minimum Gasteiger partial charge on any atom is -0.298 e. The zero-order valence-corrected chi connectivity index (χ0v) is 12.3. The van der Waals surface area contributed by atoms with E-state index in [1.54, 1.807) is 0 Å². The Bertz CT molecular complexity index is 381. The molecule has 2 aliphatic rings. The van der Waals surface area contributed by atoms with Gasteiger partial charge in [0.1, 0.15) is 0 Å². The van der Waals surface area contributed by atoms with Crippen LogP contribution in [0.25, 0.3) is 0 Å². The van der Waals surface area contributed by atoms with Crippen molar-refractivity contribution >= 4 is 22.9 Å². The highest BCUT2D eigenvalue weighted by Gasteiger charge is 2.42. The quantitative estimate of drug-likeness (QED) is 0.602. The molecule has 0 radical (unpaired) electrons. The van der Waals surface area contributed by atoms with Crippen molar-refractivity contribution in [3.05, 3.63) is 35.9 Å². The Morgan fingerprint density at radius 3 is 2.53 bits per heavy atom. The van der Waals surface area contributed by atoms with E-state index in [9.17, 15) is 0 Å². The molecule has 1 aromatic carbocycles. The van der Waals surface area contributed by atoms with Crippen molar-refractivity contribution in [3.8, 4) is 0 Å². The maximum absolute atomic E-state index is 2.63. The van der Waals surface area contributed by atoms with Gasteiger partial charge in [-0.25, -0.2) is 3.11 Å². The molecule has 3 heteroatoms. The predicted octanol–water partition coefficient (Wildman–Crippen LogP) is 2.93. The van der Waals surface area contributed by atoms with Crippen molar-refractivity contribution in [1.82, 2.24) is 8.01 Å². The number of benzene rings is 1. The van der Waals surface area contributed by atoms with E-state index in [0.29, 0.717) is 5.41 Å². The van der Waals surface area contributed by atoms with Gasteiger partial charge in [-0.1, -0.05) is 30.3 Å². The molecular formula is C14H19IN2. The number of halogens is 1. The zero-order chi connectivity index (χ0) is 11.7. The molecule has 2 aliphatic heterocycles. The van der Waals surface area contributed by atoms with E-state index in [4.69, 9.17) is 0 Å².